The number of benzene rings is 5. The second-order valence-corrected chi connectivity index (χ2v) is 39.6. The number of hydrogen-bond acceptors (Lipinski definition) is 11. The molecule has 0 aliphatic rings. The Morgan fingerprint density at radius 2 is 0.752 bits per heavy atom. The highest BCUT2D eigenvalue weighted by Crippen LogP contribution is 2.27. The van der Waals surface area contributed by atoms with E-state index < -0.39 is 0 Å². The first-order chi connectivity index (χ1) is 57.4. The van der Waals surface area contributed by atoms with Crippen LogP contribution in [0.4, 0.5) is 0 Å². The van der Waals surface area contributed by atoms with Crippen molar-refractivity contribution >= 4 is 0 Å². The standard InChI is InChI=1S/2C27H37N3O.C25H41N3O.C11H23N.C10H22.C7H17N/c1-20(2)17-22(5)18-23-7-13-26(14-8-23)31-16-6-15-30-19-27(28-29-30)25-11-9-24(10-12-25)21(3)4;1-20(2)16-22(5)17-23-10-12-26(13-11-23)31-15-7-14-30-19-27(28-29-30)25-9-6-8-24(18-25)21(3)4;1-20(2)9-6-7-10-24-19-28(27-26-24)15-8-16-29-25-13-11-23(12-14-25)18-22(5)17-21(3)4;1-9(2)11(5)7-6-8-12-10(3)4;1-8(2)6-10(5)7-9(3)4;1-6(2)5-8-7(3)4/h7-14,19-22H,6,15-18H2,1-5H3;6,8-13,18-22H,7,14-17H2,1-5H3;11-14,19-22H,6-10,15-18H2,1-5H3;9-10,12H,5-8H2,1-4H3;8-10H,6-7H2,1-5H3;6-8H,5H2,1-4H3/t3*22-;;;/m000.../s1. The number of hydrogen-bond donors (Lipinski definition) is 2. The molecular weight excluding hydrogens is 1490 g/mol. The smallest absolute Gasteiger partial charge is 0.119 e. The number of nitrogens with one attached hydrogen (secondary N) is 2. The molecule has 8 rings (SSSR count). The fourth-order valence-corrected chi connectivity index (χ4v) is 15.1. The fraction of sp³-hybridized carbons (Fsp3) is 0.645. The van der Waals surface area contributed by atoms with Crippen LogP contribution in [0, 0.1) is 71.0 Å². The van der Waals surface area contributed by atoms with Gasteiger partial charge in [0.05, 0.1) is 37.9 Å². The van der Waals surface area contributed by atoms with E-state index in [0.717, 1.165) is 183 Å². The molecule has 0 saturated heterocycles. The van der Waals surface area contributed by atoms with Crippen LogP contribution in [0.1, 0.15) is 323 Å². The number of allylic oxidation sites excluding steroid dienone is 1. The molecule has 0 spiro atoms. The topological polar surface area (TPSA) is 144 Å². The third-order valence-corrected chi connectivity index (χ3v) is 21.1. The Bertz CT molecular complexity index is 3820. The van der Waals surface area contributed by atoms with E-state index >= 15 is 0 Å². The van der Waals surface area contributed by atoms with Gasteiger partial charge in [0.25, 0.3) is 0 Å². The highest BCUT2D eigenvalue weighted by molar-refractivity contribution is 5.59. The Hall–Kier alpha value is -7.42. The van der Waals surface area contributed by atoms with Crippen molar-refractivity contribution in [2.75, 3.05) is 32.9 Å². The molecule has 0 bridgehead atoms. The van der Waals surface area contributed by atoms with Crippen LogP contribution in [0.2, 0.25) is 0 Å². The summed E-state index contributed by atoms with van der Waals surface area (Å²) in [5.74, 6) is 13.2. The molecule has 0 fully saturated rings. The summed E-state index contributed by atoms with van der Waals surface area (Å²) in [6.45, 7) is 74.0. The molecule has 8 aromatic rings. The van der Waals surface area contributed by atoms with Crippen molar-refractivity contribution in [3.8, 4) is 39.8 Å². The summed E-state index contributed by atoms with van der Waals surface area (Å²) in [4.78, 5) is 0. The second kappa shape index (κ2) is 61.8. The Balaban J connectivity index is 0.000000401. The maximum atomic E-state index is 5.92. The molecule has 121 heavy (non-hydrogen) atoms. The molecule has 0 aliphatic heterocycles. The van der Waals surface area contributed by atoms with E-state index in [1.54, 1.807) is 0 Å². The Labute approximate surface area is 741 Å². The van der Waals surface area contributed by atoms with Crippen LogP contribution in [-0.4, -0.2) is 90.0 Å². The van der Waals surface area contributed by atoms with Gasteiger partial charge in [-0.25, -0.2) is 0 Å². The third kappa shape index (κ3) is 52.7. The molecule has 3 atom stereocenters. The molecule has 3 heterocycles. The summed E-state index contributed by atoms with van der Waals surface area (Å²) in [7, 11) is 0. The largest absolute Gasteiger partial charge is 0.494 e. The average molecular weight is 1670 g/mol. The van der Waals surface area contributed by atoms with Gasteiger partial charge in [0.1, 0.15) is 28.6 Å². The van der Waals surface area contributed by atoms with Gasteiger partial charge in [-0.3, -0.25) is 14.0 Å². The summed E-state index contributed by atoms with van der Waals surface area (Å²) in [6.07, 6.45) is 26.0. The predicted molar refractivity (Wildman–Crippen MR) is 521 cm³/mol. The predicted octanol–water partition coefficient (Wildman–Crippen LogP) is 28.2. The van der Waals surface area contributed by atoms with Crippen molar-refractivity contribution < 1.29 is 14.2 Å². The number of ether oxygens (including phenoxy) is 3. The Morgan fingerprint density at radius 1 is 0.364 bits per heavy atom. The lowest BCUT2D eigenvalue weighted by atomic mass is 9.91. The molecule has 0 aliphatic carbocycles. The van der Waals surface area contributed by atoms with Crippen molar-refractivity contribution in [2.45, 2.75) is 347 Å². The molecule has 678 valence electrons. The van der Waals surface area contributed by atoms with Gasteiger partial charge in [-0.15, -0.1) is 15.3 Å². The zero-order valence-electron chi connectivity index (χ0n) is 82.2. The van der Waals surface area contributed by atoms with Gasteiger partial charge in [-0.05, 0) is 243 Å². The van der Waals surface area contributed by atoms with Crippen molar-refractivity contribution in [3.05, 3.63) is 186 Å². The van der Waals surface area contributed by atoms with Crippen LogP contribution in [0.3, 0.4) is 0 Å². The fourth-order valence-electron chi connectivity index (χ4n) is 15.1. The molecule has 0 radical (unpaired) electrons. The molecular formula is C107H177N11O3. The van der Waals surface area contributed by atoms with Gasteiger partial charge in [-0.1, -0.05) is 313 Å². The van der Waals surface area contributed by atoms with Gasteiger partial charge < -0.3 is 24.8 Å². The van der Waals surface area contributed by atoms with E-state index in [1.807, 2.05) is 26.4 Å². The summed E-state index contributed by atoms with van der Waals surface area (Å²) in [5.41, 5.74) is 13.4. The van der Waals surface area contributed by atoms with Crippen LogP contribution in [0.15, 0.2) is 152 Å². The maximum absolute atomic E-state index is 5.92. The van der Waals surface area contributed by atoms with Crippen molar-refractivity contribution in [2.24, 2.45) is 71.0 Å². The van der Waals surface area contributed by atoms with Crippen LogP contribution in [-0.2, 0) is 45.3 Å². The number of nitrogens with zero attached hydrogens (tertiary/aromatic N) is 9. The van der Waals surface area contributed by atoms with E-state index in [0.29, 0.717) is 61.5 Å². The summed E-state index contributed by atoms with van der Waals surface area (Å²) in [5, 5.41) is 32.5. The summed E-state index contributed by atoms with van der Waals surface area (Å²) in [6, 6.07) is 44.1. The summed E-state index contributed by atoms with van der Waals surface area (Å²) < 4.78 is 23.5. The molecule has 0 saturated carbocycles. The number of aromatic nitrogens is 9. The van der Waals surface area contributed by atoms with Crippen molar-refractivity contribution in [1.82, 2.24) is 55.6 Å². The molecule has 0 unspecified atom stereocenters. The van der Waals surface area contributed by atoms with Crippen LogP contribution in [0.5, 0.6) is 17.2 Å². The van der Waals surface area contributed by atoms with Crippen LogP contribution >= 0.6 is 0 Å². The zero-order valence-corrected chi connectivity index (χ0v) is 82.2. The third-order valence-electron chi connectivity index (χ3n) is 21.1. The highest BCUT2D eigenvalue weighted by atomic mass is 16.5. The Kier molecular flexibility index (Phi) is 55.1. The molecule has 14 nitrogen and oxygen atoms in total. The molecule has 14 heteroatoms. The highest BCUT2D eigenvalue weighted by Gasteiger charge is 2.14. The van der Waals surface area contributed by atoms with Crippen molar-refractivity contribution in [3.63, 3.8) is 0 Å². The quantitative estimate of drug-likeness (QED) is 0.0278. The minimum Gasteiger partial charge on any atom is -0.494 e. The lowest BCUT2D eigenvalue weighted by Gasteiger charge is -2.15. The monoisotopic (exact) mass is 1660 g/mol. The van der Waals surface area contributed by atoms with E-state index in [1.165, 1.54) is 91.2 Å². The van der Waals surface area contributed by atoms with Gasteiger partial charge in [0.15, 0.2) is 0 Å². The maximum Gasteiger partial charge on any atom is 0.119 e. The lowest BCUT2D eigenvalue weighted by molar-refractivity contribution is 0.297. The Morgan fingerprint density at radius 3 is 1.12 bits per heavy atom. The van der Waals surface area contributed by atoms with Crippen LogP contribution < -0.4 is 24.8 Å². The lowest BCUT2D eigenvalue weighted by Crippen LogP contribution is -2.26. The van der Waals surface area contributed by atoms with E-state index in [9.17, 15) is 0 Å². The SMILES string of the molecule is C=C(CCCNC(C)C)C(C)C.CC(C)CC(C)CC(C)C.CC(C)CCCCc1cn(CCCOc2ccc(C[C@@H](C)CC(C)C)cc2)nn1.CC(C)CNC(C)C.CC(C)C[C@H](C)Cc1ccc(OCCCn2cc(-c3ccc(C(C)C)cc3)nn2)cc1.CC(C)C[C@H](C)Cc1ccc(OCCCn2cc(-c3cccc(C(C)C)c3)nn2)cc1. The van der Waals surface area contributed by atoms with Crippen LogP contribution in [0.25, 0.3) is 22.5 Å². The van der Waals surface area contributed by atoms with Gasteiger partial charge in [0, 0.05) is 68.3 Å². The molecule has 2 N–H and O–H groups in total. The molecule has 3 aromatic heterocycles. The zero-order chi connectivity index (χ0) is 89.8. The van der Waals surface area contributed by atoms with E-state index in [-0.39, 0.29) is 0 Å². The number of unbranched alkanes of at least 4 members (excludes halogenated alkanes) is 1. The molecule has 0 amide bonds. The first-order valence-corrected chi connectivity index (χ1v) is 47.6. The van der Waals surface area contributed by atoms with Gasteiger partial charge in [-0.2, -0.15) is 0 Å². The minimum atomic E-state index is 0.504. The van der Waals surface area contributed by atoms with E-state index in [2.05, 4.69) is 370 Å². The number of rotatable bonds is 49. The molecule has 5 aromatic carbocycles. The number of aryl methyl sites for hydroxylation is 4. The first-order valence-electron chi connectivity index (χ1n) is 47.6. The summed E-state index contributed by atoms with van der Waals surface area (Å²) >= 11 is 0. The average Bonchev–Trinajstić information content (AvgIpc) is 1.76. The van der Waals surface area contributed by atoms with Gasteiger partial charge >= 0.3 is 0 Å². The first kappa shape index (κ1) is 108. The minimum absolute atomic E-state index is 0.504. The van der Waals surface area contributed by atoms with E-state index in [4.69, 9.17) is 14.2 Å². The van der Waals surface area contributed by atoms with Crippen molar-refractivity contribution in [1.29, 1.82) is 0 Å². The second-order valence-electron chi connectivity index (χ2n) is 39.6. The normalized spacial score (nSPS) is 12.3. The van der Waals surface area contributed by atoms with Gasteiger partial charge in [0.2, 0.25) is 0 Å².